The molecule has 1 atom stereocenters. The van der Waals surface area contributed by atoms with E-state index in [4.69, 9.17) is 5.11 Å². The Hall–Kier alpha value is -1.75. The Kier molecular flexibility index (Phi) is 2.93. The molecule has 1 saturated heterocycles. The van der Waals surface area contributed by atoms with E-state index < -0.39 is 5.97 Å². The number of carboxylic acid groups (broad SMARTS) is 1. The lowest BCUT2D eigenvalue weighted by molar-refractivity contribution is -0.148. The minimum absolute atomic E-state index is 0.0972. The maximum Gasteiger partial charge on any atom is 0.309 e. The van der Waals surface area contributed by atoms with Gasteiger partial charge in [-0.3, -0.25) is 9.69 Å². The monoisotopic (exact) mass is 237 g/mol. The molecule has 0 aromatic heterocycles. The first kappa shape index (κ1) is 11.7. The lowest BCUT2D eigenvalue weighted by Gasteiger charge is -2.41. The molecule has 92 valence electrons. The molecule has 1 aromatic rings. The van der Waals surface area contributed by atoms with Crippen LogP contribution >= 0.6 is 0 Å². The standard InChI is InChI=1S/C12H15NO4/c1-7(13-5-8(6-13)12(16)17)10-4-9(14)2-3-11(10)15/h2-4,7-8,14-15H,5-6H2,1H3,(H,16,17). The molecule has 5 nitrogen and oxygen atoms in total. The third-order valence-electron chi connectivity index (χ3n) is 3.27. The summed E-state index contributed by atoms with van der Waals surface area (Å²) in [5.41, 5.74) is 0.619. The molecule has 1 aliphatic heterocycles. The third kappa shape index (κ3) is 2.19. The summed E-state index contributed by atoms with van der Waals surface area (Å²) < 4.78 is 0. The maximum atomic E-state index is 10.7. The van der Waals surface area contributed by atoms with Crippen molar-refractivity contribution in [2.75, 3.05) is 13.1 Å². The van der Waals surface area contributed by atoms with Crippen molar-refractivity contribution < 1.29 is 20.1 Å². The molecular weight excluding hydrogens is 222 g/mol. The number of carbonyl (C=O) groups is 1. The van der Waals surface area contributed by atoms with E-state index in [0.717, 1.165) is 0 Å². The van der Waals surface area contributed by atoms with Gasteiger partial charge in [0.15, 0.2) is 0 Å². The highest BCUT2D eigenvalue weighted by Gasteiger charge is 2.36. The van der Waals surface area contributed by atoms with E-state index >= 15 is 0 Å². The minimum Gasteiger partial charge on any atom is -0.508 e. The van der Waals surface area contributed by atoms with E-state index in [9.17, 15) is 15.0 Å². The number of benzene rings is 1. The number of carboxylic acids is 1. The van der Waals surface area contributed by atoms with Crippen molar-refractivity contribution in [1.82, 2.24) is 4.90 Å². The van der Waals surface area contributed by atoms with Crippen LogP contribution in [-0.4, -0.2) is 39.3 Å². The zero-order chi connectivity index (χ0) is 12.6. The third-order valence-corrected chi connectivity index (χ3v) is 3.27. The van der Waals surface area contributed by atoms with Gasteiger partial charge in [0.1, 0.15) is 11.5 Å². The Balaban J connectivity index is 2.08. The van der Waals surface area contributed by atoms with Crippen LogP contribution in [0.5, 0.6) is 11.5 Å². The first-order chi connectivity index (χ1) is 7.99. The number of phenols is 2. The van der Waals surface area contributed by atoms with E-state index in [2.05, 4.69) is 0 Å². The molecule has 17 heavy (non-hydrogen) atoms. The van der Waals surface area contributed by atoms with Crippen LogP contribution in [0.4, 0.5) is 0 Å². The largest absolute Gasteiger partial charge is 0.508 e. The molecule has 3 N–H and O–H groups in total. The number of hydrogen-bond acceptors (Lipinski definition) is 4. The van der Waals surface area contributed by atoms with Gasteiger partial charge in [0, 0.05) is 24.7 Å². The first-order valence-electron chi connectivity index (χ1n) is 5.47. The molecule has 0 amide bonds. The van der Waals surface area contributed by atoms with Crippen molar-refractivity contribution in [2.24, 2.45) is 5.92 Å². The van der Waals surface area contributed by atoms with Gasteiger partial charge >= 0.3 is 5.97 Å². The summed E-state index contributed by atoms with van der Waals surface area (Å²) in [4.78, 5) is 12.6. The van der Waals surface area contributed by atoms with E-state index in [-0.39, 0.29) is 23.5 Å². The summed E-state index contributed by atoms with van der Waals surface area (Å²) in [6.45, 7) is 2.84. The Morgan fingerprint density at radius 3 is 2.65 bits per heavy atom. The summed E-state index contributed by atoms with van der Waals surface area (Å²) in [6.07, 6.45) is 0. The number of phenolic OH excluding ortho intramolecular Hbond substituents is 2. The van der Waals surface area contributed by atoms with Crippen LogP contribution in [0.15, 0.2) is 18.2 Å². The molecule has 1 aromatic carbocycles. The Bertz CT molecular complexity index is 440. The second-order valence-electron chi connectivity index (χ2n) is 4.41. The van der Waals surface area contributed by atoms with Crippen molar-refractivity contribution in [3.05, 3.63) is 23.8 Å². The van der Waals surface area contributed by atoms with Gasteiger partial charge in [-0.15, -0.1) is 0 Å². The van der Waals surface area contributed by atoms with Gasteiger partial charge in [-0.2, -0.15) is 0 Å². The average molecular weight is 237 g/mol. The molecule has 1 fully saturated rings. The van der Waals surface area contributed by atoms with E-state index in [1.165, 1.54) is 18.2 Å². The smallest absolute Gasteiger partial charge is 0.309 e. The summed E-state index contributed by atoms with van der Waals surface area (Å²) in [5.74, 6) is -0.889. The van der Waals surface area contributed by atoms with Gasteiger partial charge in [0.25, 0.3) is 0 Å². The number of rotatable bonds is 3. The van der Waals surface area contributed by atoms with Crippen molar-refractivity contribution in [3.8, 4) is 11.5 Å². The molecule has 5 heteroatoms. The fourth-order valence-corrected chi connectivity index (χ4v) is 2.06. The quantitative estimate of drug-likeness (QED) is 0.688. The molecule has 1 aliphatic rings. The number of aliphatic carboxylic acids is 1. The highest BCUT2D eigenvalue weighted by Crippen LogP contribution is 2.34. The van der Waals surface area contributed by atoms with Crippen LogP contribution < -0.4 is 0 Å². The second kappa shape index (κ2) is 4.25. The Labute approximate surface area is 98.9 Å². The highest BCUT2D eigenvalue weighted by molar-refractivity contribution is 5.71. The maximum absolute atomic E-state index is 10.7. The average Bonchev–Trinajstić information content (AvgIpc) is 2.18. The van der Waals surface area contributed by atoms with Crippen LogP contribution in [0.3, 0.4) is 0 Å². The van der Waals surface area contributed by atoms with Crippen molar-refractivity contribution in [1.29, 1.82) is 0 Å². The molecule has 2 rings (SSSR count). The Morgan fingerprint density at radius 1 is 1.41 bits per heavy atom. The SMILES string of the molecule is CC(c1cc(O)ccc1O)N1CC(C(=O)O)C1. The number of nitrogens with zero attached hydrogens (tertiary/aromatic N) is 1. The van der Waals surface area contributed by atoms with Gasteiger partial charge < -0.3 is 15.3 Å². The normalized spacial score (nSPS) is 18.6. The Morgan fingerprint density at radius 2 is 2.06 bits per heavy atom. The molecule has 0 radical (unpaired) electrons. The molecule has 1 heterocycles. The lowest BCUT2D eigenvalue weighted by atomic mass is 9.95. The van der Waals surface area contributed by atoms with Crippen molar-refractivity contribution >= 4 is 5.97 Å². The molecule has 1 unspecified atom stereocenters. The lowest BCUT2D eigenvalue weighted by Crippen LogP contribution is -2.51. The zero-order valence-electron chi connectivity index (χ0n) is 9.50. The summed E-state index contributed by atoms with van der Waals surface area (Å²) >= 11 is 0. The summed E-state index contributed by atoms with van der Waals surface area (Å²) in [6, 6.07) is 4.27. The van der Waals surface area contributed by atoms with E-state index in [1.54, 1.807) is 0 Å². The van der Waals surface area contributed by atoms with Crippen molar-refractivity contribution in [2.45, 2.75) is 13.0 Å². The van der Waals surface area contributed by atoms with E-state index in [1.807, 2.05) is 11.8 Å². The summed E-state index contributed by atoms with van der Waals surface area (Å²) in [5, 5.41) is 27.9. The zero-order valence-corrected chi connectivity index (χ0v) is 9.50. The number of aromatic hydroxyl groups is 2. The first-order valence-corrected chi connectivity index (χ1v) is 5.47. The van der Waals surface area contributed by atoms with Crippen molar-refractivity contribution in [3.63, 3.8) is 0 Å². The van der Waals surface area contributed by atoms with Gasteiger partial charge in [0.05, 0.1) is 5.92 Å². The van der Waals surface area contributed by atoms with Gasteiger partial charge in [-0.05, 0) is 25.1 Å². The highest BCUT2D eigenvalue weighted by atomic mass is 16.4. The van der Waals surface area contributed by atoms with Gasteiger partial charge in [-0.1, -0.05) is 0 Å². The fourth-order valence-electron chi connectivity index (χ4n) is 2.06. The predicted molar refractivity (Wildman–Crippen MR) is 60.9 cm³/mol. The van der Waals surface area contributed by atoms with Crippen LogP contribution in [0.25, 0.3) is 0 Å². The molecule has 0 spiro atoms. The molecular formula is C12H15NO4. The molecule has 0 bridgehead atoms. The fraction of sp³-hybridized carbons (Fsp3) is 0.417. The topological polar surface area (TPSA) is 81.0 Å². The minimum atomic E-state index is -0.784. The second-order valence-corrected chi connectivity index (χ2v) is 4.41. The van der Waals surface area contributed by atoms with E-state index in [0.29, 0.717) is 18.7 Å². The van der Waals surface area contributed by atoms with Gasteiger partial charge in [-0.25, -0.2) is 0 Å². The van der Waals surface area contributed by atoms with Gasteiger partial charge in [0.2, 0.25) is 0 Å². The number of likely N-dealkylation sites (tertiary alicyclic amines) is 1. The van der Waals surface area contributed by atoms with Crippen LogP contribution in [0.2, 0.25) is 0 Å². The van der Waals surface area contributed by atoms with Crippen LogP contribution in [0, 0.1) is 5.92 Å². The molecule has 0 aliphatic carbocycles. The number of hydrogen-bond donors (Lipinski definition) is 3. The summed E-state index contributed by atoms with van der Waals surface area (Å²) in [7, 11) is 0. The molecule has 0 saturated carbocycles. The van der Waals surface area contributed by atoms with Crippen LogP contribution in [-0.2, 0) is 4.79 Å². The predicted octanol–water partition coefficient (Wildman–Crippen LogP) is 1.18. The van der Waals surface area contributed by atoms with Crippen LogP contribution in [0.1, 0.15) is 18.5 Å².